The number of aromatic nitrogens is 1. The highest BCUT2D eigenvalue weighted by Gasteiger charge is 2.11. The van der Waals surface area contributed by atoms with Gasteiger partial charge in [-0.3, -0.25) is 5.32 Å². The summed E-state index contributed by atoms with van der Waals surface area (Å²) in [5, 5.41) is 12.5. The predicted molar refractivity (Wildman–Crippen MR) is 75.7 cm³/mol. The summed E-state index contributed by atoms with van der Waals surface area (Å²) in [5.41, 5.74) is 3.34. The summed E-state index contributed by atoms with van der Waals surface area (Å²) in [6, 6.07) is 7.30. The van der Waals surface area contributed by atoms with E-state index >= 15 is 0 Å². The molecule has 1 aliphatic heterocycles. The molecule has 6 heteroatoms. The minimum absolute atomic E-state index is 0.327. The van der Waals surface area contributed by atoms with E-state index in [1.54, 1.807) is 13.0 Å². The van der Waals surface area contributed by atoms with Crippen LogP contribution >= 0.6 is 0 Å². The number of hydrogen-bond acceptors (Lipinski definition) is 4. The van der Waals surface area contributed by atoms with Crippen molar-refractivity contribution in [3.8, 4) is 0 Å². The predicted octanol–water partition coefficient (Wildman–Crippen LogP) is 2.27. The largest absolute Gasteiger partial charge is 0.360 e. The fourth-order valence-electron chi connectivity index (χ4n) is 2.26. The van der Waals surface area contributed by atoms with Crippen LogP contribution in [0.5, 0.6) is 0 Å². The Morgan fingerprint density at radius 3 is 3.00 bits per heavy atom. The number of nitrogens with zero attached hydrogens (tertiary/aromatic N) is 1. The van der Waals surface area contributed by atoms with Gasteiger partial charge in [-0.25, -0.2) is 4.79 Å². The number of amides is 2. The zero-order valence-electron chi connectivity index (χ0n) is 11.2. The van der Waals surface area contributed by atoms with Gasteiger partial charge in [0, 0.05) is 18.3 Å². The number of urea groups is 1. The van der Waals surface area contributed by atoms with Gasteiger partial charge in [0.25, 0.3) is 0 Å². The molecule has 1 aromatic heterocycles. The first-order valence-electron chi connectivity index (χ1n) is 6.54. The van der Waals surface area contributed by atoms with Crippen molar-refractivity contribution in [2.75, 3.05) is 17.2 Å². The monoisotopic (exact) mass is 272 g/mol. The molecule has 0 aliphatic carbocycles. The molecule has 0 unspecified atom stereocenters. The molecule has 0 fully saturated rings. The first-order chi connectivity index (χ1) is 9.70. The zero-order valence-corrected chi connectivity index (χ0v) is 11.2. The summed E-state index contributed by atoms with van der Waals surface area (Å²) in [6.07, 6.45) is 0.981. The van der Waals surface area contributed by atoms with Gasteiger partial charge in [0.2, 0.25) is 0 Å². The summed E-state index contributed by atoms with van der Waals surface area (Å²) in [6.45, 7) is 3.63. The smallest absolute Gasteiger partial charge is 0.324 e. The Bertz CT molecular complexity index is 636. The third-order valence-corrected chi connectivity index (χ3v) is 3.22. The van der Waals surface area contributed by atoms with Crippen molar-refractivity contribution in [2.24, 2.45) is 0 Å². The van der Waals surface area contributed by atoms with Crippen molar-refractivity contribution >= 4 is 17.5 Å². The highest BCUT2D eigenvalue weighted by atomic mass is 16.5. The van der Waals surface area contributed by atoms with Crippen LogP contribution in [-0.4, -0.2) is 17.7 Å². The first-order valence-corrected chi connectivity index (χ1v) is 6.54. The van der Waals surface area contributed by atoms with E-state index in [-0.39, 0.29) is 6.03 Å². The number of hydrogen-bond donors (Lipinski definition) is 3. The fourth-order valence-corrected chi connectivity index (χ4v) is 2.26. The molecule has 0 saturated carbocycles. The molecule has 0 bridgehead atoms. The lowest BCUT2D eigenvalue weighted by Gasteiger charge is -2.18. The van der Waals surface area contributed by atoms with Gasteiger partial charge in [-0.15, -0.1) is 0 Å². The molecule has 0 spiro atoms. The molecule has 104 valence electrons. The van der Waals surface area contributed by atoms with Gasteiger partial charge in [0.05, 0.1) is 0 Å². The Morgan fingerprint density at radius 2 is 2.20 bits per heavy atom. The SMILES string of the molecule is Cc1cc(NC(=O)Nc2ccc3c(c2)CCNC3)no1. The second kappa shape index (κ2) is 5.34. The molecule has 1 aromatic carbocycles. The molecule has 2 heterocycles. The molecular weight excluding hydrogens is 256 g/mol. The van der Waals surface area contributed by atoms with E-state index < -0.39 is 0 Å². The lowest BCUT2D eigenvalue weighted by Crippen LogP contribution is -2.24. The van der Waals surface area contributed by atoms with Crippen molar-refractivity contribution < 1.29 is 9.32 Å². The van der Waals surface area contributed by atoms with Gasteiger partial charge >= 0.3 is 6.03 Å². The highest BCUT2D eigenvalue weighted by Crippen LogP contribution is 2.19. The summed E-state index contributed by atoms with van der Waals surface area (Å²) in [7, 11) is 0. The minimum Gasteiger partial charge on any atom is -0.360 e. The number of fused-ring (bicyclic) bond motifs is 1. The van der Waals surface area contributed by atoms with Crippen LogP contribution in [0.25, 0.3) is 0 Å². The number of benzene rings is 1. The van der Waals surface area contributed by atoms with E-state index in [1.807, 2.05) is 18.2 Å². The summed E-state index contributed by atoms with van der Waals surface area (Å²) < 4.78 is 4.89. The highest BCUT2D eigenvalue weighted by molar-refractivity contribution is 5.99. The Balaban J connectivity index is 1.66. The van der Waals surface area contributed by atoms with E-state index in [0.717, 1.165) is 25.2 Å². The van der Waals surface area contributed by atoms with Gasteiger partial charge in [-0.05, 0) is 43.1 Å². The van der Waals surface area contributed by atoms with Crippen LogP contribution in [0.1, 0.15) is 16.9 Å². The standard InChI is InChI=1S/C14H16N4O2/c1-9-6-13(18-20-9)17-14(19)16-12-3-2-11-8-15-5-4-10(11)7-12/h2-3,6-7,15H,4-5,8H2,1H3,(H2,16,17,18,19). The second-order valence-corrected chi connectivity index (χ2v) is 4.81. The van der Waals surface area contributed by atoms with E-state index in [1.165, 1.54) is 11.1 Å². The molecule has 3 rings (SSSR count). The Morgan fingerprint density at radius 1 is 1.30 bits per heavy atom. The van der Waals surface area contributed by atoms with Gasteiger partial charge < -0.3 is 15.2 Å². The van der Waals surface area contributed by atoms with Crippen LogP contribution < -0.4 is 16.0 Å². The molecule has 1 aliphatic rings. The average Bonchev–Trinajstić information content (AvgIpc) is 2.83. The Labute approximate surface area is 116 Å². The molecule has 2 amide bonds. The van der Waals surface area contributed by atoms with Crippen LogP contribution in [0.2, 0.25) is 0 Å². The molecule has 3 N–H and O–H groups in total. The Kier molecular flexibility index (Phi) is 3.39. The van der Waals surface area contributed by atoms with E-state index in [9.17, 15) is 4.79 Å². The molecular formula is C14H16N4O2. The third-order valence-electron chi connectivity index (χ3n) is 3.22. The zero-order chi connectivity index (χ0) is 13.9. The van der Waals surface area contributed by atoms with Crippen molar-refractivity contribution in [1.29, 1.82) is 0 Å². The third kappa shape index (κ3) is 2.80. The van der Waals surface area contributed by atoms with Gasteiger partial charge in [-0.2, -0.15) is 0 Å². The lowest BCUT2D eigenvalue weighted by molar-refractivity contribution is 0.262. The van der Waals surface area contributed by atoms with Gasteiger partial charge in [-0.1, -0.05) is 11.2 Å². The second-order valence-electron chi connectivity index (χ2n) is 4.81. The number of rotatable bonds is 2. The molecule has 0 atom stereocenters. The van der Waals surface area contributed by atoms with Crippen molar-refractivity contribution in [3.05, 3.63) is 41.2 Å². The van der Waals surface area contributed by atoms with Crippen LogP contribution in [0.4, 0.5) is 16.3 Å². The maximum absolute atomic E-state index is 11.8. The minimum atomic E-state index is -0.327. The van der Waals surface area contributed by atoms with Crippen molar-refractivity contribution in [3.63, 3.8) is 0 Å². The maximum atomic E-state index is 11.8. The van der Waals surface area contributed by atoms with Gasteiger partial charge in [0.1, 0.15) is 5.76 Å². The quantitative estimate of drug-likeness (QED) is 0.783. The number of carbonyl (C=O) groups is 1. The number of carbonyl (C=O) groups excluding carboxylic acids is 1. The van der Waals surface area contributed by atoms with Crippen molar-refractivity contribution in [1.82, 2.24) is 10.5 Å². The normalized spacial score (nSPS) is 13.7. The first kappa shape index (κ1) is 12.7. The van der Waals surface area contributed by atoms with E-state index in [2.05, 4.69) is 21.1 Å². The summed E-state index contributed by atoms with van der Waals surface area (Å²) in [4.78, 5) is 11.8. The lowest BCUT2D eigenvalue weighted by atomic mass is 10.0. The van der Waals surface area contributed by atoms with E-state index in [0.29, 0.717) is 11.6 Å². The van der Waals surface area contributed by atoms with Crippen LogP contribution in [0.3, 0.4) is 0 Å². The molecule has 0 radical (unpaired) electrons. The summed E-state index contributed by atoms with van der Waals surface area (Å²) in [5.74, 6) is 1.06. The van der Waals surface area contributed by atoms with Crippen LogP contribution in [0, 0.1) is 6.92 Å². The summed E-state index contributed by atoms with van der Waals surface area (Å²) >= 11 is 0. The molecule has 20 heavy (non-hydrogen) atoms. The molecule has 6 nitrogen and oxygen atoms in total. The van der Waals surface area contributed by atoms with Gasteiger partial charge in [0.15, 0.2) is 5.82 Å². The van der Waals surface area contributed by atoms with Crippen LogP contribution in [-0.2, 0) is 13.0 Å². The van der Waals surface area contributed by atoms with Crippen molar-refractivity contribution in [2.45, 2.75) is 19.9 Å². The Hall–Kier alpha value is -2.34. The number of aryl methyl sites for hydroxylation is 1. The molecule has 2 aromatic rings. The fraction of sp³-hybridized carbons (Fsp3) is 0.286. The average molecular weight is 272 g/mol. The maximum Gasteiger partial charge on any atom is 0.324 e. The number of nitrogens with one attached hydrogen (secondary N) is 3. The van der Waals surface area contributed by atoms with Crippen LogP contribution in [0.15, 0.2) is 28.8 Å². The number of anilines is 2. The molecule has 0 saturated heterocycles. The van der Waals surface area contributed by atoms with E-state index in [4.69, 9.17) is 4.52 Å². The topological polar surface area (TPSA) is 79.2 Å².